The average Bonchev–Trinajstić information content (AvgIpc) is 2.46. The molecule has 106 valence electrons. The summed E-state index contributed by atoms with van der Waals surface area (Å²) in [6.07, 6.45) is 6.06. The second kappa shape index (κ2) is 7.00. The Morgan fingerprint density at radius 3 is 2.81 bits per heavy atom. The van der Waals surface area contributed by atoms with E-state index in [1.165, 1.54) is 6.08 Å². The van der Waals surface area contributed by atoms with Crippen LogP contribution in [0.5, 0.6) is 0 Å². The number of hydrogen-bond acceptors (Lipinski definition) is 3. The minimum Gasteiger partial charge on any atom is -0.478 e. The topological polar surface area (TPSA) is 79.3 Å². The molecule has 1 amide bonds. The minimum absolute atomic E-state index is 0.151. The first kappa shape index (κ1) is 14.5. The first-order valence-electron chi connectivity index (χ1n) is 6.33. The summed E-state index contributed by atoms with van der Waals surface area (Å²) < 4.78 is 0. The fourth-order valence-electron chi connectivity index (χ4n) is 1.78. The Morgan fingerprint density at radius 1 is 1.24 bits per heavy atom. The molecule has 0 saturated carbocycles. The molecule has 2 aromatic rings. The van der Waals surface area contributed by atoms with E-state index in [2.05, 4.69) is 10.3 Å². The number of pyridine rings is 1. The van der Waals surface area contributed by atoms with Crippen molar-refractivity contribution in [1.29, 1.82) is 0 Å². The number of nitrogens with one attached hydrogen (secondary N) is 1. The molecule has 1 heterocycles. The maximum Gasteiger partial charge on any atom is 0.328 e. The molecular weight excluding hydrogens is 268 g/mol. The van der Waals surface area contributed by atoms with Crippen molar-refractivity contribution in [2.45, 2.75) is 6.42 Å². The number of carboxylic acids is 1. The smallest absolute Gasteiger partial charge is 0.328 e. The van der Waals surface area contributed by atoms with Crippen molar-refractivity contribution in [3.05, 3.63) is 66.0 Å². The molecule has 0 unspecified atom stereocenters. The fourth-order valence-corrected chi connectivity index (χ4v) is 1.78. The Hall–Kier alpha value is -2.95. The van der Waals surface area contributed by atoms with Crippen LogP contribution in [0, 0.1) is 0 Å². The number of carboxylic acid groups (broad SMARTS) is 1. The van der Waals surface area contributed by atoms with Crippen LogP contribution < -0.4 is 5.32 Å². The fraction of sp³-hybridized carbons (Fsp3) is 0.0625. The normalized spacial score (nSPS) is 10.5. The predicted molar refractivity (Wildman–Crippen MR) is 79.7 cm³/mol. The number of anilines is 1. The highest BCUT2D eigenvalue weighted by Gasteiger charge is 2.04. The number of hydrogen-bond donors (Lipinski definition) is 2. The van der Waals surface area contributed by atoms with Crippen LogP contribution in [0.3, 0.4) is 0 Å². The quantitative estimate of drug-likeness (QED) is 0.825. The second-order valence-corrected chi connectivity index (χ2v) is 4.38. The van der Waals surface area contributed by atoms with Gasteiger partial charge in [0.1, 0.15) is 0 Å². The van der Waals surface area contributed by atoms with Gasteiger partial charge < -0.3 is 10.4 Å². The van der Waals surface area contributed by atoms with Crippen LogP contribution in [0.4, 0.5) is 5.69 Å². The molecule has 2 N–H and O–H groups in total. The van der Waals surface area contributed by atoms with Crippen LogP contribution in [0.2, 0.25) is 0 Å². The molecule has 0 fully saturated rings. The summed E-state index contributed by atoms with van der Waals surface area (Å²) >= 11 is 0. The zero-order valence-corrected chi connectivity index (χ0v) is 11.2. The lowest BCUT2D eigenvalue weighted by atomic mass is 10.1. The third-order valence-corrected chi connectivity index (χ3v) is 2.68. The van der Waals surface area contributed by atoms with E-state index in [0.29, 0.717) is 11.3 Å². The number of carbonyl (C=O) groups is 2. The second-order valence-electron chi connectivity index (χ2n) is 4.38. The van der Waals surface area contributed by atoms with Gasteiger partial charge >= 0.3 is 5.97 Å². The van der Waals surface area contributed by atoms with E-state index >= 15 is 0 Å². The molecule has 0 saturated heterocycles. The van der Waals surface area contributed by atoms with E-state index in [9.17, 15) is 9.59 Å². The van der Waals surface area contributed by atoms with Crippen LogP contribution in [0.25, 0.3) is 6.08 Å². The molecule has 0 radical (unpaired) electrons. The highest BCUT2D eigenvalue weighted by atomic mass is 16.4. The summed E-state index contributed by atoms with van der Waals surface area (Å²) in [5.41, 5.74) is 2.16. The van der Waals surface area contributed by atoms with Crippen molar-refractivity contribution >= 4 is 23.6 Å². The number of benzene rings is 1. The molecule has 2 rings (SSSR count). The van der Waals surface area contributed by atoms with Gasteiger partial charge in [0.15, 0.2) is 0 Å². The largest absolute Gasteiger partial charge is 0.478 e. The summed E-state index contributed by atoms with van der Waals surface area (Å²) in [5, 5.41) is 11.4. The number of amides is 1. The molecule has 5 heteroatoms. The Labute approximate surface area is 122 Å². The van der Waals surface area contributed by atoms with Crippen LogP contribution in [0.15, 0.2) is 54.9 Å². The van der Waals surface area contributed by atoms with Gasteiger partial charge in [0, 0.05) is 24.2 Å². The van der Waals surface area contributed by atoms with Gasteiger partial charge in [-0.3, -0.25) is 9.78 Å². The van der Waals surface area contributed by atoms with Gasteiger partial charge in [-0.25, -0.2) is 4.79 Å². The summed E-state index contributed by atoms with van der Waals surface area (Å²) in [6, 6.07) is 10.6. The van der Waals surface area contributed by atoms with Crippen molar-refractivity contribution in [3.8, 4) is 0 Å². The predicted octanol–water partition coefficient (Wildman–Crippen LogP) is 2.36. The first-order valence-corrected chi connectivity index (χ1v) is 6.33. The van der Waals surface area contributed by atoms with Crippen molar-refractivity contribution < 1.29 is 14.7 Å². The van der Waals surface area contributed by atoms with Crippen molar-refractivity contribution in [1.82, 2.24) is 4.98 Å². The molecular formula is C16H14N2O3. The Bertz CT molecular complexity index is 666. The van der Waals surface area contributed by atoms with Gasteiger partial charge in [-0.15, -0.1) is 0 Å². The van der Waals surface area contributed by atoms with Gasteiger partial charge in [0.05, 0.1) is 6.42 Å². The van der Waals surface area contributed by atoms with Gasteiger partial charge in [-0.05, 0) is 35.4 Å². The standard InChI is InChI=1S/C16H14N2O3/c19-15(10-13-4-2-8-17-11-13)18-14-5-1-3-12(9-14)6-7-16(20)21/h1-9,11H,10H2,(H,18,19)(H,20,21)/b7-6+. The van der Waals surface area contributed by atoms with E-state index in [4.69, 9.17) is 5.11 Å². The molecule has 0 aliphatic rings. The highest BCUT2D eigenvalue weighted by Crippen LogP contribution is 2.12. The number of carbonyl (C=O) groups excluding carboxylic acids is 1. The van der Waals surface area contributed by atoms with Crippen LogP contribution in [-0.2, 0) is 16.0 Å². The van der Waals surface area contributed by atoms with E-state index < -0.39 is 5.97 Å². The molecule has 0 atom stereocenters. The van der Waals surface area contributed by atoms with E-state index in [0.717, 1.165) is 11.6 Å². The highest BCUT2D eigenvalue weighted by molar-refractivity contribution is 5.92. The number of aliphatic carboxylic acids is 1. The molecule has 5 nitrogen and oxygen atoms in total. The molecule has 1 aromatic heterocycles. The van der Waals surface area contributed by atoms with Gasteiger partial charge in [-0.2, -0.15) is 0 Å². The average molecular weight is 282 g/mol. The number of aromatic nitrogens is 1. The Morgan fingerprint density at radius 2 is 2.10 bits per heavy atom. The molecule has 21 heavy (non-hydrogen) atoms. The third-order valence-electron chi connectivity index (χ3n) is 2.68. The van der Waals surface area contributed by atoms with Crippen molar-refractivity contribution in [2.24, 2.45) is 0 Å². The molecule has 0 bridgehead atoms. The van der Waals surface area contributed by atoms with E-state index in [1.54, 1.807) is 42.7 Å². The summed E-state index contributed by atoms with van der Waals surface area (Å²) in [7, 11) is 0. The van der Waals surface area contributed by atoms with Gasteiger partial charge in [-0.1, -0.05) is 18.2 Å². The SMILES string of the molecule is O=C(O)/C=C/c1cccc(NC(=O)Cc2cccnc2)c1. The monoisotopic (exact) mass is 282 g/mol. The van der Waals surface area contributed by atoms with Crippen molar-refractivity contribution in [2.75, 3.05) is 5.32 Å². The Kier molecular flexibility index (Phi) is 4.82. The Balaban J connectivity index is 2.01. The maximum atomic E-state index is 11.9. The molecule has 1 aromatic carbocycles. The third kappa shape index (κ3) is 4.91. The zero-order valence-electron chi connectivity index (χ0n) is 11.2. The van der Waals surface area contributed by atoms with Crippen LogP contribution >= 0.6 is 0 Å². The summed E-state index contributed by atoms with van der Waals surface area (Å²) in [6.45, 7) is 0. The number of nitrogens with zero attached hydrogens (tertiary/aromatic N) is 1. The lowest BCUT2D eigenvalue weighted by Crippen LogP contribution is -2.14. The van der Waals surface area contributed by atoms with E-state index in [1.807, 2.05) is 6.07 Å². The molecule has 0 spiro atoms. The summed E-state index contributed by atoms with van der Waals surface area (Å²) in [5.74, 6) is -1.16. The van der Waals surface area contributed by atoms with E-state index in [-0.39, 0.29) is 12.3 Å². The van der Waals surface area contributed by atoms with Crippen LogP contribution in [0.1, 0.15) is 11.1 Å². The van der Waals surface area contributed by atoms with Crippen molar-refractivity contribution in [3.63, 3.8) is 0 Å². The minimum atomic E-state index is -1.01. The maximum absolute atomic E-state index is 11.9. The molecule has 0 aliphatic heterocycles. The lowest BCUT2D eigenvalue weighted by molar-refractivity contribution is -0.131. The van der Waals surface area contributed by atoms with Gasteiger partial charge in [0.2, 0.25) is 5.91 Å². The number of rotatable bonds is 5. The summed E-state index contributed by atoms with van der Waals surface area (Å²) in [4.78, 5) is 26.3. The first-order chi connectivity index (χ1) is 10.1. The van der Waals surface area contributed by atoms with Crippen LogP contribution in [-0.4, -0.2) is 22.0 Å². The zero-order chi connectivity index (χ0) is 15.1. The van der Waals surface area contributed by atoms with Gasteiger partial charge in [0.25, 0.3) is 0 Å². The molecule has 0 aliphatic carbocycles. The lowest BCUT2D eigenvalue weighted by Gasteiger charge is -2.06.